The minimum Gasteiger partial charge on any atom is -0.455 e. The Morgan fingerprint density at radius 2 is 1.70 bits per heavy atom. The molecule has 2 aromatic rings. The number of esters is 1. The summed E-state index contributed by atoms with van der Waals surface area (Å²) in [6.45, 7) is 5.43. The number of carbonyl (C=O) groups excluding carboxylic acids is 4. The number of nitrogens with zero attached hydrogens (tertiary/aromatic N) is 1. The molecule has 0 unspecified atom stereocenters. The van der Waals surface area contributed by atoms with Crippen molar-refractivity contribution in [2.75, 3.05) is 18.5 Å². The highest BCUT2D eigenvalue weighted by Gasteiger charge is 2.36. The summed E-state index contributed by atoms with van der Waals surface area (Å²) in [5, 5.41) is 5.55. The number of amides is 3. The van der Waals surface area contributed by atoms with Crippen LogP contribution in [-0.4, -0.2) is 47.8 Å². The van der Waals surface area contributed by atoms with Crippen LogP contribution in [0.1, 0.15) is 49.2 Å². The van der Waals surface area contributed by atoms with E-state index in [9.17, 15) is 19.2 Å². The Bertz CT molecular complexity index is 1020. The standard InChI is InChI=1S/C25H29N3O5/c1-16(2)28-14-19(13-23(28)30)25(32)33-15-22(29)27-21-12-8-7-11-20(21)24(31)26-17(3)18-9-5-4-6-10-18/h4-12,16-17,19H,13-15H2,1-3H3,(H,26,31)(H,27,29)/t17-,19-/m0/s1. The molecule has 174 valence electrons. The topological polar surface area (TPSA) is 105 Å². The van der Waals surface area contributed by atoms with Gasteiger partial charge in [0, 0.05) is 19.0 Å². The van der Waals surface area contributed by atoms with Gasteiger partial charge in [-0.2, -0.15) is 0 Å². The van der Waals surface area contributed by atoms with Gasteiger partial charge < -0.3 is 20.3 Å². The number of rotatable bonds is 8. The highest BCUT2D eigenvalue weighted by molar-refractivity contribution is 6.04. The lowest BCUT2D eigenvalue weighted by atomic mass is 10.1. The number of anilines is 1. The number of para-hydroxylation sites is 1. The molecule has 3 rings (SSSR count). The molecular formula is C25H29N3O5. The third-order valence-electron chi connectivity index (χ3n) is 5.55. The molecular weight excluding hydrogens is 422 g/mol. The molecule has 1 heterocycles. The van der Waals surface area contributed by atoms with Crippen molar-refractivity contribution in [1.82, 2.24) is 10.2 Å². The zero-order valence-corrected chi connectivity index (χ0v) is 19.0. The third-order valence-corrected chi connectivity index (χ3v) is 5.55. The van der Waals surface area contributed by atoms with Crippen LogP contribution in [0.5, 0.6) is 0 Å². The van der Waals surface area contributed by atoms with Gasteiger partial charge in [-0.25, -0.2) is 0 Å². The minimum atomic E-state index is -0.579. The molecule has 1 aliphatic heterocycles. The van der Waals surface area contributed by atoms with Gasteiger partial charge in [0.2, 0.25) is 5.91 Å². The van der Waals surface area contributed by atoms with E-state index in [1.165, 1.54) is 0 Å². The smallest absolute Gasteiger partial charge is 0.311 e. The van der Waals surface area contributed by atoms with Crippen LogP contribution in [0, 0.1) is 5.92 Å². The van der Waals surface area contributed by atoms with Crippen LogP contribution in [0.15, 0.2) is 54.6 Å². The number of benzene rings is 2. The maximum absolute atomic E-state index is 12.8. The summed E-state index contributed by atoms with van der Waals surface area (Å²) in [5.74, 6) is -2.15. The van der Waals surface area contributed by atoms with E-state index >= 15 is 0 Å². The molecule has 0 spiro atoms. The molecule has 1 fully saturated rings. The number of carbonyl (C=O) groups is 4. The largest absolute Gasteiger partial charge is 0.455 e. The Kier molecular flexibility index (Phi) is 7.82. The molecule has 0 radical (unpaired) electrons. The van der Waals surface area contributed by atoms with E-state index in [4.69, 9.17) is 4.74 Å². The maximum atomic E-state index is 12.8. The summed E-state index contributed by atoms with van der Waals surface area (Å²) in [5.41, 5.74) is 1.58. The van der Waals surface area contributed by atoms with Crippen molar-refractivity contribution in [1.29, 1.82) is 0 Å². The molecule has 0 bridgehead atoms. The summed E-state index contributed by atoms with van der Waals surface area (Å²) in [6.07, 6.45) is 0.0846. The molecule has 1 aliphatic rings. The average molecular weight is 452 g/mol. The van der Waals surface area contributed by atoms with Crippen LogP contribution >= 0.6 is 0 Å². The van der Waals surface area contributed by atoms with Gasteiger partial charge >= 0.3 is 5.97 Å². The highest BCUT2D eigenvalue weighted by Crippen LogP contribution is 2.22. The van der Waals surface area contributed by atoms with E-state index in [0.717, 1.165) is 5.56 Å². The van der Waals surface area contributed by atoms with Crippen molar-refractivity contribution in [2.45, 2.75) is 39.3 Å². The summed E-state index contributed by atoms with van der Waals surface area (Å²) < 4.78 is 5.13. The predicted octanol–water partition coefficient (Wildman–Crippen LogP) is 2.92. The van der Waals surface area contributed by atoms with Crippen molar-refractivity contribution >= 4 is 29.4 Å². The first-order chi connectivity index (χ1) is 15.8. The summed E-state index contributed by atoms with van der Waals surface area (Å²) in [4.78, 5) is 51.1. The van der Waals surface area contributed by atoms with Crippen LogP contribution in [0.25, 0.3) is 0 Å². The van der Waals surface area contributed by atoms with Crippen molar-refractivity contribution in [3.05, 3.63) is 65.7 Å². The average Bonchev–Trinajstić information content (AvgIpc) is 3.20. The fourth-order valence-corrected chi connectivity index (χ4v) is 3.72. The van der Waals surface area contributed by atoms with Gasteiger partial charge in [0.25, 0.3) is 11.8 Å². The van der Waals surface area contributed by atoms with Gasteiger partial charge in [-0.3, -0.25) is 19.2 Å². The Morgan fingerprint density at radius 1 is 1.03 bits per heavy atom. The van der Waals surface area contributed by atoms with Gasteiger partial charge in [-0.15, -0.1) is 0 Å². The molecule has 1 saturated heterocycles. The summed E-state index contributed by atoms with van der Waals surface area (Å²) in [7, 11) is 0. The molecule has 0 aliphatic carbocycles. The second-order valence-electron chi connectivity index (χ2n) is 8.35. The number of ether oxygens (including phenoxy) is 1. The molecule has 3 amide bonds. The summed E-state index contributed by atoms with van der Waals surface area (Å²) >= 11 is 0. The van der Waals surface area contributed by atoms with Gasteiger partial charge in [0.15, 0.2) is 6.61 Å². The van der Waals surface area contributed by atoms with Crippen LogP contribution in [0.2, 0.25) is 0 Å². The summed E-state index contributed by atoms with van der Waals surface area (Å²) in [6, 6.07) is 16.0. The second kappa shape index (κ2) is 10.8. The molecule has 2 N–H and O–H groups in total. The third kappa shape index (κ3) is 6.19. The molecule has 8 nitrogen and oxygen atoms in total. The number of hydrogen-bond acceptors (Lipinski definition) is 5. The Morgan fingerprint density at radius 3 is 2.36 bits per heavy atom. The van der Waals surface area contributed by atoms with E-state index in [2.05, 4.69) is 10.6 Å². The van der Waals surface area contributed by atoms with E-state index < -0.39 is 24.4 Å². The molecule has 0 aromatic heterocycles. The fourth-order valence-electron chi connectivity index (χ4n) is 3.72. The number of hydrogen-bond donors (Lipinski definition) is 2. The molecule has 33 heavy (non-hydrogen) atoms. The van der Waals surface area contributed by atoms with Crippen molar-refractivity contribution in [3.63, 3.8) is 0 Å². The Balaban J connectivity index is 1.56. The van der Waals surface area contributed by atoms with Crippen molar-refractivity contribution < 1.29 is 23.9 Å². The van der Waals surface area contributed by atoms with Crippen LogP contribution in [-0.2, 0) is 19.1 Å². The molecule has 8 heteroatoms. The van der Waals surface area contributed by atoms with Gasteiger partial charge in [-0.1, -0.05) is 42.5 Å². The van der Waals surface area contributed by atoms with Gasteiger partial charge in [0.05, 0.1) is 23.2 Å². The first-order valence-electron chi connectivity index (χ1n) is 11.0. The molecule has 2 aromatic carbocycles. The maximum Gasteiger partial charge on any atom is 0.311 e. The first-order valence-corrected chi connectivity index (χ1v) is 11.0. The second-order valence-corrected chi connectivity index (χ2v) is 8.35. The van der Waals surface area contributed by atoms with E-state index in [-0.39, 0.29) is 30.3 Å². The zero-order valence-electron chi connectivity index (χ0n) is 19.0. The lowest BCUT2D eigenvalue weighted by Gasteiger charge is -2.20. The first kappa shape index (κ1) is 24.0. The Labute approximate surface area is 193 Å². The molecule has 2 atom stereocenters. The van der Waals surface area contributed by atoms with Crippen LogP contribution < -0.4 is 10.6 Å². The zero-order chi connectivity index (χ0) is 24.0. The predicted molar refractivity (Wildman–Crippen MR) is 123 cm³/mol. The van der Waals surface area contributed by atoms with Crippen molar-refractivity contribution in [3.8, 4) is 0 Å². The monoisotopic (exact) mass is 451 g/mol. The SMILES string of the molecule is CC(C)N1C[C@@H](C(=O)OCC(=O)Nc2ccccc2C(=O)N[C@@H](C)c2ccccc2)CC1=O. The van der Waals surface area contributed by atoms with Crippen LogP contribution in [0.4, 0.5) is 5.69 Å². The van der Waals surface area contributed by atoms with Crippen LogP contribution in [0.3, 0.4) is 0 Å². The van der Waals surface area contributed by atoms with Crippen molar-refractivity contribution in [2.24, 2.45) is 5.92 Å². The Hall–Kier alpha value is -3.68. The number of likely N-dealkylation sites (tertiary alicyclic amines) is 1. The lowest BCUT2D eigenvalue weighted by molar-refractivity contribution is -0.151. The number of nitrogens with one attached hydrogen (secondary N) is 2. The normalized spacial score (nSPS) is 16.4. The molecule has 0 saturated carbocycles. The van der Waals surface area contributed by atoms with E-state index in [1.54, 1.807) is 29.2 Å². The minimum absolute atomic E-state index is 0.00542. The fraction of sp³-hybridized carbons (Fsp3) is 0.360. The van der Waals surface area contributed by atoms with Gasteiger partial charge in [-0.05, 0) is 38.5 Å². The quantitative estimate of drug-likeness (QED) is 0.601. The lowest BCUT2D eigenvalue weighted by Crippen LogP contribution is -2.33. The van der Waals surface area contributed by atoms with E-state index in [1.807, 2.05) is 51.1 Å². The van der Waals surface area contributed by atoms with Gasteiger partial charge in [0.1, 0.15) is 0 Å². The van der Waals surface area contributed by atoms with E-state index in [0.29, 0.717) is 17.8 Å². The highest BCUT2D eigenvalue weighted by atomic mass is 16.5.